The highest BCUT2D eigenvalue weighted by atomic mass is 16.6. The predicted octanol–water partition coefficient (Wildman–Crippen LogP) is 2.54. The van der Waals surface area contributed by atoms with Crippen molar-refractivity contribution in [3.05, 3.63) is 58.3 Å². The number of aromatic nitrogens is 1. The molecule has 0 saturated heterocycles. The third-order valence-electron chi connectivity index (χ3n) is 2.98. The van der Waals surface area contributed by atoms with Crippen LogP contribution in [-0.2, 0) is 0 Å². The molecule has 1 aliphatic heterocycles. The Morgan fingerprint density at radius 1 is 1.32 bits per heavy atom. The first-order chi connectivity index (χ1) is 9.24. The lowest BCUT2D eigenvalue weighted by Gasteiger charge is -2.11. The van der Waals surface area contributed by atoms with Crippen LogP contribution in [0.5, 0.6) is 5.75 Å². The standard InChI is InChI=1S/C13H11N3O3/c17-16(18)9-5-6-13(14-7-9)15-11-8-19-12-4-2-1-3-10(11)12/h1-7,11H,8H2,(H,14,15). The van der Waals surface area contributed by atoms with Crippen molar-refractivity contribution in [3.63, 3.8) is 0 Å². The Morgan fingerprint density at radius 2 is 2.16 bits per heavy atom. The van der Waals surface area contributed by atoms with Crippen LogP contribution in [0.3, 0.4) is 0 Å². The Kier molecular flexibility index (Phi) is 2.75. The molecular weight excluding hydrogens is 246 g/mol. The Labute approximate surface area is 109 Å². The maximum Gasteiger partial charge on any atom is 0.287 e. The van der Waals surface area contributed by atoms with E-state index in [1.807, 2.05) is 24.3 Å². The first kappa shape index (κ1) is 11.5. The zero-order chi connectivity index (χ0) is 13.2. The summed E-state index contributed by atoms with van der Waals surface area (Å²) in [5.74, 6) is 1.46. The number of ether oxygens (including phenoxy) is 1. The zero-order valence-electron chi connectivity index (χ0n) is 9.95. The Hall–Kier alpha value is -2.63. The van der Waals surface area contributed by atoms with E-state index in [9.17, 15) is 10.1 Å². The van der Waals surface area contributed by atoms with Gasteiger partial charge in [0.15, 0.2) is 0 Å². The van der Waals surface area contributed by atoms with Crippen LogP contribution in [-0.4, -0.2) is 16.5 Å². The van der Waals surface area contributed by atoms with Gasteiger partial charge in [0, 0.05) is 11.6 Å². The molecule has 0 bridgehead atoms. The van der Waals surface area contributed by atoms with Gasteiger partial charge in [0.1, 0.15) is 24.4 Å². The van der Waals surface area contributed by atoms with Gasteiger partial charge in [0.05, 0.1) is 11.0 Å². The predicted molar refractivity (Wildman–Crippen MR) is 69.2 cm³/mol. The summed E-state index contributed by atoms with van der Waals surface area (Å²) in [6, 6.07) is 10.8. The smallest absolute Gasteiger partial charge is 0.287 e. The lowest BCUT2D eigenvalue weighted by atomic mass is 10.1. The Bertz CT molecular complexity index is 613. The molecule has 6 heteroatoms. The highest BCUT2D eigenvalue weighted by Gasteiger charge is 2.23. The first-order valence-corrected chi connectivity index (χ1v) is 5.83. The summed E-state index contributed by atoms with van der Waals surface area (Å²) >= 11 is 0. The van der Waals surface area contributed by atoms with Crippen molar-refractivity contribution in [1.29, 1.82) is 0 Å². The second-order valence-electron chi connectivity index (χ2n) is 4.20. The van der Waals surface area contributed by atoms with Crippen molar-refractivity contribution in [2.45, 2.75) is 6.04 Å². The van der Waals surface area contributed by atoms with Crippen molar-refractivity contribution in [2.75, 3.05) is 11.9 Å². The van der Waals surface area contributed by atoms with Crippen molar-refractivity contribution in [2.24, 2.45) is 0 Å². The molecule has 2 heterocycles. The fourth-order valence-corrected chi connectivity index (χ4v) is 2.04. The van der Waals surface area contributed by atoms with E-state index < -0.39 is 4.92 Å². The zero-order valence-corrected chi connectivity index (χ0v) is 9.95. The van der Waals surface area contributed by atoms with Crippen LogP contribution in [0.2, 0.25) is 0 Å². The average molecular weight is 257 g/mol. The number of anilines is 1. The molecule has 1 aromatic carbocycles. The van der Waals surface area contributed by atoms with Crippen LogP contribution in [0, 0.1) is 10.1 Å². The monoisotopic (exact) mass is 257 g/mol. The number of rotatable bonds is 3. The quantitative estimate of drug-likeness (QED) is 0.675. The minimum Gasteiger partial charge on any atom is -0.491 e. The minimum atomic E-state index is -0.467. The second-order valence-corrected chi connectivity index (χ2v) is 4.20. The van der Waals surface area contributed by atoms with Gasteiger partial charge in [-0.1, -0.05) is 18.2 Å². The van der Waals surface area contributed by atoms with Crippen LogP contribution in [0.1, 0.15) is 11.6 Å². The number of nitro groups is 1. The number of hydrogen-bond acceptors (Lipinski definition) is 5. The minimum absolute atomic E-state index is 0.0187. The number of nitrogens with zero attached hydrogens (tertiary/aromatic N) is 2. The molecule has 1 N–H and O–H groups in total. The molecular formula is C13H11N3O3. The molecule has 0 spiro atoms. The van der Waals surface area contributed by atoms with Gasteiger partial charge < -0.3 is 10.1 Å². The van der Waals surface area contributed by atoms with Gasteiger partial charge in [-0.2, -0.15) is 0 Å². The lowest BCUT2D eigenvalue weighted by Crippen LogP contribution is -2.12. The molecule has 6 nitrogen and oxygen atoms in total. The highest BCUT2D eigenvalue weighted by Crippen LogP contribution is 2.33. The van der Waals surface area contributed by atoms with Gasteiger partial charge >= 0.3 is 0 Å². The summed E-state index contributed by atoms with van der Waals surface area (Å²) < 4.78 is 5.55. The molecule has 1 unspecified atom stereocenters. The molecule has 2 aromatic rings. The van der Waals surface area contributed by atoms with Gasteiger partial charge in [-0.05, 0) is 12.1 Å². The second kappa shape index (κ2) is 4.56. The van der Waals surface area contributed by atoms with Crippen molar-refractivity contribution >= 4 is 11.5 Å². The third kappa shape index (κ3) is 2.20. The summed E-state index contributed by atoms with van der Waals surface area (Å²) in [5.41, 5.74) is 1.05. The molecule has 0 aliphatic carbocycles. The molecule has 96 valence electrons. The van der Waals surface area contributed by atoms with Crippen molar-refractivity contribution < 1.29 is 9.66 Å². The number of hydrogen-bond donors (Lipinski definition) is 1. The number of para-hydroxylation sites is 1. The van der Waals surface area contributed by atoms with Crippen LogP contribution >= 0.6 is 0 Å². The normalized spacial score (nSPS) is 16.5. The SMILES string of the molecule is O=[N+]([O-])c1ccc(NC2COc3ccccc32)nc1. The fourth-order valence-electron chi connectivity index (χ4n) is 2.04. The molecule has 3 rings (SSSR count). The van der Waals surface area contributed by atoms with Gasteiger partial charge in [-0.3, -0.25) is 10.1 Å². The summed E-state index contributed by atoms with van der Waals surface area (Å²) in [7, 11) is 0. The Balaban J connectivity index is 1.78. The number of nitrogens with one attached hydrogen (secondary N) is 1. The maximum atomic E-state index is 10.5. The van der Waals surface area contributed by atoms with E-state index in [-0.39, 0.29) is 11.7 Å². The first-order valence-electron chi connectivity index (χ1n) is 5.83. The number of pyridine rings is 1. The van der Waals surface area contributed by atoms with Gasteiger partial charge in [-0.25, -0.2) is 4.98 Å². The van der Waals surface area contributed by atoms with E-state index in [0.717, 1.165) is 11.3 Å². The molecule has 1 atom stereocenters. The van der Waals surface area contributed by atoms with Gasteiger partial charge in [-0.15, -0.1) is 0 Å². The van der Waals surface area contributed by atoms with Crippen LogP contribution in [0.25, 0.3) is 0 Å². The molecule has 0 saturated carbocycles. The van der Waals surface area contributed by atoms with E-state index in [1.165, 1.54) is 12.3 Å². The van der Waals surface area contributed by atoms with E-state index in [0.29, 0.717) is 12.4 Å². The summed E-state index contributed by atoms with van der Waals surface area (Å²) in [5, 5.41) is 13.8. The largest absolute Gasteiger partial charge is 0.491 e. The van der Waals surface area contributed by atoms with E-state index in [2.05, 4.69) is 10.3 Å². The molecule has 19 heavy (non-hydrogen) atoms. The highest BCUT2D eigenvalue weighted by molar-refractivity contribution is 5.47. The van der Waals surface area contributed by atoms with Gasteiger partial charge in [0.2, 0.25) is 0 Å². The summed E-state index contributed by atoms with van der Waals surface area (Å²) in [4.78, 5) is 14.1. The van der Waals surface area contributed by atoms with E-state index in [1.54, 1.807) is 6.07 Å². The van der Waals surface area contributed by atoms with Crippen LogP contribution < -0.4 is 10.1 Å². The average Bonchev–Trinajstić information content (AvgIpc) is 2.83. The van der Waals surface area contributed by atoms with Crippen LogP contribution in [0.15, 0.2) is 42.6 Å². The fraction of sp³-hybridized carbons (Fsp3) is 0.154. The van der Waals surface area contributed by atoms with E-state index >= 15 is 0 Å². The van der Waals surface area contributed by atoms with Gasteiger partial charge in [0.25, 0.3) is 5.69 Å². The summed E-state index contributed by atoms with van der Waals surface area (Å²) in [6.45, 7) is 0.526. The number of fused-ring (bicyclic) bond motifs is 1. The van der Waals surface area contributed by atoms with E-state index in [4.69, 9.17) is 4.74 Å². The van der Waals surface area contributed by atoms with Crippen molar-refractivity contribution in [1.82, 2.24) is 4.98 Å². The molecule has 1 aromatic heterocycles. The molecule has 1 aliphatic rings. The lowest BCUT2D eigenvalue weighted by molar-refractivity contribution is -0.385. The topological polar surface area (TPSA) is 77.3 Å². The molecule has 0 fully saturated rings. The molecule has 0 amide bonds. The third-order valence-corrected chi connectivity index (χ3v) is 2.98. The van der Waals surface area contributed by atoms with Crippen LogP contribution in [0.4, 0.5) is 11.5 Å². The van der Waals surface area contributed by atoms with Crippen molar-refractivity contribution in [3.8, 4) is 5.75 Å². The molecule has 0 radical (unpaired) electrons. The number of benzene rings is 1. The maximum absolute atomic E-state index is 10.5. The Morgan fingerprint density at radius 3 is 2.89 bits per heavy atom. The summed E-state index contributed by atoms with van der Waals surface area (Å²) in [6.07, 6.45) is 1.24.